The highest BCUT2D eigenvalue weighted by Gasteiger charge is 2.25. The van der Waals surface area contributed by atoms with Crippen LogP contribution in [0.1, 0.15) is 29.2 Å². The first-order chi connectivity index (χ1) is 10.1. The van der Waals surface area contributed by atoms with Gasteiger partial charge < -0.3 is 5.32 Å². The average molecular weight is 286 g/mol. The van der Waals surface area contributed by atoms with E-state index in [1.165, 1.54) is 12.1 Å². The first kappa shape index (κ1) is 13.5. The van der Waals surface area contributed by atoms with Crippen molar-refractivity contribution < 1.29 is 9.31 Å². The monoisotopic (exact) mass is 286 g/mol. The zero-order valence-electron chi connectivity index (χ0n) is 11.6. The van der Waals surface area contributed by atoms with E-state index in [0.717, 1.165) is 23.2 Å². The standard InChI is InChI=1S/C16H15FN2O2/c1-10-14(6-3-7-16(10)19(20)21)18-15-9-8-11-12(15)4-2-5-13(11)17/h2-7,15,18H,8-9H2,1H3. The predicted octanol–water partition coefficient (Wildman–Crippen LogP) is 4.14. The first-order valence-electron chi connectivity index (χ1n) is 6.85. The molecular formula is C16H15FN2O2. The maximum absolute atomic E-state index is 13.7. The van der Waals surface area contributed by atoms with E-state index in [-0.39, 0.29) is 22.5 Å². The zero-order chi connectivity index (χ0) is 15.0. The molecule has 0 amide bonds. The first-order valence-corrected chi connectivity index (χ1v) is 6.85. The van der Waals surface area contributed by atoms with E-state index >= 15 is 0 Å². The fourth-order valence-corrected chi connectivity index (χ4v) is 2.92. The van der Waals surface area contributed by atoms with E-state index in [9.17, 15) is 14.5 Å². The molecule has 21 heavy (non-hydrogen) atoms. The normalized spacial score (nSPS) is 16.6. The Labute approximate surface area is 121 Å². The smallest absolute Gasteiger partial charge is 0.274 e. The fourth-order valence-electron chi connectivity index (χ4n) is 2.92. The third kappa shape index (κ3) is 2.35. The van der Waals surface area contributed by atoms with E-state index in [4.69, 9.17) is 0 Å². The van der Waals surface area contributed by atoms with Crippen molar-refractivity contribution in [3.8, 4) is 0 Å². The molecule has 2 aromatic rings. The minimum Gasteiger partial charge on any atom is -0.378 e. The van der Waals surface area contributed by atoms with Crippen LogP contribution in [0.25, 0.3) is 0 Å². The molecule has 0 spiro atoms. The second-order valence-electron chi connectivity index (χ2n) is 5.25. The number of fused-ring (bicyclic) bond motifs is 1. The molecule has 1 aliphatic carbocycles. The van der Waals surface area contributed by atoms with Crippen molar-refractivity contribution in [3.05, 3.63) is 69.0 Å². The summed E-state index contributed by atoms with van der Waals surface area (Å²) >= 11 is 0. The predicted molar refractivity (Wildman–Crippen MR) is 78.9 cm³/mol. The number of nitro benzene ring substituents is 1. The van der Waals surface area contributed by atoms with Crippen molar-refractivity contribution >= 4 is 11.4 Å². The van der Waals surface area contributed by atoms with Crippen LogP contribution < -0.4 is 5.32 Å². The molecule has 1 atom stereocenters. The molecule has 0 aromatic heterocycles. The number of anilines is 1. The van der Waals surface area contributed by atoms with Crippen molar-refractivity contribution in [1.29, 1.82) is 0 Å². The number of hydrogen-bond acceptors (Lipinski definition) is 3. The number of nitro groups is 1. The molecule has 0 saturated heterocycles. The maximum Gasteiger partial charge on any atom is 0.274 e. The molecule has 3 rings (SSSR count). The van der Waals surface area contributed by atoms with Crippen LogP contribution in [0.5, 0.6) is 0 Å². The summed E-state index contributed by atoms with van der Waals surface area (Å²) in [5.74, 6) is -0.174. The molecule has 0 bridgehead atoms. The molecular weight excluding hydrogens is 271 g/mol. The Balaban J connectivity index is 1.92. The Kier molecular flexibility index (Phi) is 3.33. The quantitative estimate of drug-likeness (QED) is 0.681. The molecule has 1 N–H and O–H groups in total. The lowest BCUT2D eigenvalue weighted by Gasteiger charge is -2.17. The maximum atomic E-state index is 13.7. The highest BCUT2D eigenvalue weighted by Crippen LogP contribution is 2.36. The highest BCUT2D eigenvalue weighted by molar-refractivity contribution is 5.61. The van der Waals surface area contributed by atoms with Gasteiger partial charge in [-0.25, -0.2) is 4.39 Å². The van der Waals surface area contributed by atoms with Gasteiger partial charge in [-0.3, -0.25) is 10.1 Å². The van der Waals surface area contributed by atoms with Crippen LogP contribution in [0.3, 0.4) is 0 Å². The highest BCUT2D eigenvalue weighted by atomic mass is 19.1. The summed E-state index contributed by atoms with van der Waals surface area (Å²) in [4.78, 5) is 10.6. The summed E-state index contributed by atoms with van der Waals surface area (Å²) < 4.78 is 13.7. The Morgan fingerprint density at radius 3 is 2.81 bits per heavy atom. The van der Waals surface area contributed by atoms with Gasteiger partial charge in [-0.15, -0.1) is 0 Å². The lowest BCUT2D eigenvalue weighted by atomic mass is 10.1. The van der Waals surface area contributed by atoms with Gasteiger partial charge in [-0.2, -0.15) is 0 Å². The second kappa shape index (κ2) is 5.16. The molecule has 0 fully saturated rings. The van der Waals surface area contributed by atoms with E-state index < -0.39 is 0 Å². The summed E-state index contributed by atoms with van der Waals surface area (Å²) in [6.07, 6.45) is 1.48. The van der Waals surface area contributed by atoms with Crippen molar-refractivity contribution in [3.63, 3.8) is 0 Å². The molecule has 5 heteroatoms. The number of halogens is 1. The Morgan fingerprint density at radius 2 is 2.05 bits per heavy atom. The van der Waals surface area contributed by atoms with Crippen molar-refractivity contribution in [2.45, 2.75) is 25.8 Å². The molecule has 0 saturated carbocycles. The van der Waals surface area contributed by atoms with E-state index in [1.807, 2.05) is 12.1 Å². The molecule has 0 aliphatic heterocycles. The van der Waals surface area contributed by atoms with Gasteiger partial charge in [0.15, 0.2) is 0 Å². The van der Waals surface area contributed by atoms with Gasteiger partial charge in [0.2, 0.25) is 0 Å². The van der Waals surface area contributed by atoms with E-state index in [0.29, 0.717) is 12.0 Å². The van der Waals surface area contributed by atoms with Crippen LogP contribution in [0.15, 0.2) is 36.4 Å². The van der Waals surface area contributed by atoms with Crippen LogP contribution in [0.2, 0.25) is 0 Å². The van der Waals surface area contributed by atoms with Crippen LogP contribution in [-0.2, 0) is 6.42 Å². The van der Waals surface area contributed by atoms with Gasteiger partial charge in [0.1, 0.15) is 5.82 Å². The number of nitrogens with one attached hydrogen (secondary N) is 1. The molecule has 0 radical (unpaired) electrons. The zero-order valence-corrected chi connectivity index (χ0v) is 11.6. The third-order valence-electron chi connectivity index (χ3n) is 4.05. The number of nitrogens with zero attached hydrogens (tertiary/aromatic N) is 1. The lowest BCUT2D eigenvalue weighted by molar-refractivity contribution is -0.385. The van der Waals surface area contributed by atoms with Gasteiger partial charge in [-0.05, 0) is 43.0 Å². The molecule has 1 unspecified atom stereocenters. The van der Waals surface area contributed by atoms with Gasteiger partial charge >= 0.3 is 0 Å². The Morgan fingerprint density at radius 1 is 1.29 bits per heavy atom. The van der Waals surface area contributed by atoms with E-state index in [1.54, 1.807) is 19.1 Å². The third-order valence-corrected chi connectivity index (χ3v) is 4.05. The van der Waals surface area contributed by atoms with Crippen molar-refractivity contribution in [2.24, 2.45) is 0 Å². The largest absolute Gasteiger partial charge is 0.378 e. The van der Waals surface area contributed by atoms with Crippen molar-refractivity contribution in [1.82, 2.24) is 0 Å². The van der Waals surface area contributed by atoms with Gasteiger partial charge in [-0.1, -0.05) is 18.2 Å². The topological polar surface area (TPSA) is 55.2 Å². The lowest BCUT2D eigenvalue weighted by Crippen LogP contribution is -2.09. The van der Waals surface area contributed by atoms with Gasteiger partial charge in [0.05, 0.1) is 11.0 Å². The van der Waals surface area contributed by atoms with Gasteiger partial charge in [0.25, 0.3) is 5.69 Å². The fraction of sp³-hybridized carbons (Fsp3) is 0.250. The van der Waals surface area contributed by atoms with Crippen molar-refractivity contribution in [2.75, 3.05) is 5.32 Å². The summed E-state index contributed by atoms with van der Waals surface area (Å²) in [6, 6.07) is 10.1. The van der Waals surface area contributed by atoms with Crippen LogP contribution in [0, 0.1) is 22.9 Å². The molecule has 1 aliphatic rings. The number of benzene rings is 2. The summed E-state index contributed by atoms with van der Waals surface area (Å²) in [7, 11) is 0. The van der Waals surface area contributed by atoms with Gasteiger partial charge in [0, 0.05) is 17.3 Å². The Bertz CT molecular complexity index is 715. The Hall–Kier alpha value is -2.43. The minimum absolute atomic E-state index is 0.00333. The van der Waals surface area contributed by atoms with Crippen LogP contribution in [0.4, 0.5) is 15.8 Å². The summed E-state index contributed by atoms with van der Waals surface area (Å²) in [5.41, 5.74) is 3.12. The summed E-state index contributed by atoms with van der Waals surface area (Å²) in [6.45, 7) is 1.72. The number of rotatable bonds is 3. The molecule has 2 aromatic carbocycles. The molecule has 4 nitrogen and oxygen atoms in total. The second-order valence-corrected chi connectivity index (χ2v) is 5.25. The molecule has 0 heterocycles. The SMILES string of the molecule is Cc1c(NC2CCc3c(F)cccc32)cccc1[N+](=O)[O-]. The molecule has 108 valence electrons. The summed E-state index contributed by atoms with van der Waals surface area (Å²) in [5, 5.41) is 14.3. The number of hydrogen-bond donors (Lipinski definition) is 1. The minimum atomic E-state index is -0.386. The van der Waals surface area contributed by atoms with Crippen LogP contribution >= 0.6 is 0 Å². The van der Waals surface area contributed by atoms with Crippen LogP contribution in [-0.4, -0.2) is 4.92 Å². The average Bonchev–Trinajstić information content (AvgIpc) is 2.85. The van der Waals surface area contributed by atoms with E-state index in [2.05, 4.69) is 5.32 Å².